The summed E-state index contributed by atoms with van der Waals surface area (Å²) in [6, 6.07) is 3.49. The summed E-state index contributed by atoms with van der Waals surface area (Å²) < 4.78 is 0. The Balaban J connectivity index is 2.82. The molecule has 0 aliphatic carbocycles. The number of nitrogens with two attached hydrogens (primary N) is 1. The minimum atomic E-state index is -0.402. The van der Waals surface area contributed by atoms with Crippen molar-refractivity contribution in [3.05, 3.63) is 29.3 Å². The molecule has 2 N–H and O–H groups in total. The van der Waals surface area contributed by atoms with Gasteiger partial charge in [-0.05, 0) is 17.5 Å². The molecule has 0 saturated heterocycles. The van der Waals surface area contributed by atoms with Gasteiger partial charge in [0.1, 0.15) is 4.83 Å². The van der Waals surface area contributed by atoms with Crippen molar-refractivity contribution in [1.29, 1.82) is 0 Å². The quantitative estimate of drug-likeness (QED) is 0.717. The molecule has 0 spiro atoms. The van der Waals surface area contributed by atoms with Crippen molar-refractivity contribution in [3.8, 4) is 0 Å². The molecule has 0 aliphatic rings. The van der Waals surface area contributed by atoms with E-state index in [1.807, 2.05) is 11.4 Å². The number of carbonyl (C=O) groups is 1. The Kier molecular flexibility index (Phi) is 1.55. The molecule has 60 valence electrons. The van der Waals surface area contributed by atoms with Gasteiger partial charge in [0.15, 0.2) is 0 Å². The van der Waals surface area contributed by atoms with Crippen LogP contribution in [0, 0.1) is 0 Å². The fourth-order valence-corrected chi connectivity index (χ4v) is 1.85. The van der Waals surface area contributed by atoms with Crippen LogP contribution >= 0.6 is 11.3 Å². The van der Waals surface area contributed by atoms with Crippen LogP contribution in [-0.4, -0.2) is 10.9 Å². The highest BCUT2D eigenvalue weighted by molar-refractivity contribution is 7.16. The topological polar surface area (TPSA) is 56.0 Å². The van der Waals surface area contributed by atoms with Gasteiger partial charge in [-0.25, -0.2) is 4.98 Å². The minimum absolute atomic E-state index is 0.402. The summed E-state index contributed by atoms with van der Waals surface area (Å²) in [6.45, 7) is 0. The molecule has 0 atom stereocenters. The maximum Gasteiger partial charge on any atom is 0.249 e. The van der Waals surface area contributed by atoms with Crippen molar-refractivity contribution >= 4 is 27.5 Å². The van der Waals surface area contributed by atoms with E-state index in [0.29, 0.717) is 5.56 Å². The Morgan fingerprint density at radius 1 is 1.50 bits per heavy atom. The summed E-state index contributed by atoms with van der Waals surface area (Å²) >= 11 is 1.50. The van der Waals surface area contributed by atoms with Crippen LogP contribution in [0.4, 0.5) is 0 Å². The first-order chi connectivity index (χ1) is 5.79. The lowest BCUT2D eigenvalue weighted by Crippen LogP contribution is -2.10. The smallest absolute Gasteiger partial charge is 0.249 e. The number of nitrogens with zero attached hydrogens (tertiary/aromatic N) is 1. The molecule has 2 aromatic heterocycles. The van der Waals surface area contributed by atoms with E-state index in [9.17, 15) is 4.79 Å². The molecule has 0 bridgehead atoms. The highest BCUT2D eigenvalue weighted by atomic mass is 32.1. The summed E-state index contributed by atoms with van der Waals surface area (Å²) in [5.41, 5.74) is 5.72. The largest absolute Gasteiger partial charge is 0.366 e. The number of primary amides is 1. The van der Waals surface area contributed by atoms with E-state index in [1.165, 1.54) is 11.3 Å². The summed E-state index contributed by atoms with van der Waals surface area (Å²) in [6.07, 6.45) is 1.60. The molecule has 2 aromatic rings. The van der Waals surface area contributed by atoms with E-state index in [1.54, 1.807) is 12.3 Å². The zero-order valence-electron chi connectivity index (χ0n) is 6.15. The monoisotopic (exact) mass is 178 g/mol. The summed E-state index contributed by atoms with van der Waals surface area (Å²) in [5, 5.41) is 2.74. The number of amides is 1. The third-order valence-electron chi connectivity index (χ3n) is 1.63. The lowest BCUT2D eigenvalue weighted by molar-refractivity contribution is 0.100. The van der Waals surface area contributed by atoms with Crippen LogP contribution < -0.4 is 5.73 Å². The molecule has 2 heterocycles. The maximum atomic E-state index is 10.9. The Labute approximate surface area is 72.8 Å². The molecule has 0 saturated carbocycles. The second-order valence-electron chi connectivity index (χ2n) is 2.36. The van der Waals surface area contributed by atoms with E-state index in [-0.39, 0.29) is 0 Å². The average molecular weight is 178 g/mol. The molecule has 0 radical (unpaired) electrons. The van der Waals surface area contributed by atoms with Gasteiger partial charge in [0.05, 0.1) is 5.56 Å². The Morgan fingerprint density at radius 2 is 2.33 bits per heavy atom. The predicted molar refractivity (Wildman–Crippen MR) is 48.1 cm³/mol. The van der Waals surface area contributed by atoms with Gasteiger partial charge in [-0.15, -0.1) is 11.3 Å². The Morgan fingerprint density at radius 3 is 3.08 bits per heavy atom. The van der Waals surface area contributed by atoms with Gasteiger partial charge >= 0.3 is 0 Å². The van der Waals surface area contributed by atoms with Gasteiger partial charge in [0.25, 0.3) is 0 Å². The standard InChI is InChI=1S/C8H6N2OS/c9-7(11)5-1-3-10-8-6(5)2-4-12-8/h1-4H,(H2,9,11). The SMILES string of the molecule is NC(=O)c1ccnc2sccc12. The molecule has 0 unspecified atom stereocenters. The summed E-state index contributed by atoms with van der Waals surface area (Å²) in [7, 11) is 0. The molecule has 1 amide bonds. The zero-order valence-corrected chi connectivity index (χ0v) is 6.97. The number of thiophene rings is 1. The summed E-state index contributed by atoms with van der Waals surface area (Å²) in [4.78, 5) is 15.9. The molecule has 4 heteroatoms. The molecule has 12 heavy (non-hydrogen) atoms. The second kappa shape index (κ2) is 2.57. The predicted octanol–water partition coefficient (Wildman–Crippen LogP) is 1.40. The van der Waals surface area contributed by atoms with E-state index < -0.39 is 5.91 Å². The third kappa shape index (κ3) is 0.967. The molecule has 0 aromatic carbocycles. The molecule has 0 fully saturated rings. The number of fused-ring (bicyclic) bond motifs is 1. The average Bonchev–Trinajstić information content (AvgIpc) is 2.49. The van der Waals surface area contributed by atoms with Crippen LogP contribution in [0.15, 0.2) is 23.7 Å². The van der Waals surface area contributed by atoms with Crippen molar-refractivity contribution in [2.75, 3.05) is 0 Å². The first-order valence-electron chi connectivity index (χ1n) is 3.41. The number of aromatic nitrogens is 1. The molecule has 0 aliphatic heterocycles. The third-order valence-corrected chi connectivity index (χ3v) is 2.45. The van der Waals surface area contributed by atoms with Gasteiger partial charge in [0, 0.05) is 11.6 Å². The summed E-state index contributed by atoms with van der Waals surface area (Å²) in [5.74, 6) is -0.402. The lowest BCUT2D eigenvalue weighted by Gasteiger charge is -1.95. The number of rotatable bonds is 1. The lowest BCUT2D eigenvalue weighted by atomic mass is 10.2. The van der Waals surface area contributed by atoms with Crippen molar-refractivity contribution in [1.82, 2.24) is 4.98 Å². The first kappa shape index (κ1) is 7.24. The van der Waals surface area contributed by atoms with Gasteiger partial charge in [-0.1, -0.05) is 0 Å². The van der Waals surface area contributed by atoms with E-state index in [0.717, 1.165) is 10.2 Å². The molecular formula is C8H6N2OS. The maximum absolute atomic E-state index is 10.9. The fraction of sp³-hybridized carbons (Fsp3) is 0. The Hall–Kier alpha value is -1.42. The number of hydrogen-bond donors (Lipinski definition) is 1. The number of carbonyl (C=O) groups excluding carboxylic acids is 1. The van der Waals surface area contributed by atoms with Crippen LogP contribution in [0.5, 0.6) is 0 Å². The number of pyridine rings is 1. The van der Waals surface area contributed by atoms with Crippen molar-refractivity contribution in [2.45, 2.75) is 0 Å². The normalized spacial score (nSPS) is 10.3. The minimum Gasteiger partial charge on any atom is -0.366 e. The van der Waals surface area contributed by atoms with Crippen LogP contribution in [0.25, 0.3) is 10.2 Å². The highest BCUT2D eigenvalue weighted by Crippen LogP contribution is 2.20. The van der Waals surface area contributed by atoms with Crippen molar-refractivity contribution in [3.63, 3.8) is 0 Å². The molecular weight excluding hydrogens is 172 g/mol. The van der Waals surface area contributed by atoms with Crippen LogP contribution in [0.1, 0.15) is 10.4 Å². The van der Waals surface area contributed by atoms with E-state index in [4.69, 9.17) is 5.73 Å². The molecule has 3 nitrogen and oxygen atoms in total. The van der Waals surface area contributed by atoms with Crippen molar-refractivity contribution in [2.24, 2.45) is 5.73 Å². The van der Waals surface area contributed by atoms with Gasteiger partial charge < -0.3 is 5.73 Å². The fourth-order valence-electron chi connectivity index (χ4n) is 1.09. The van der Waals surface area contributed by atoms with Gasteiger partial charge in [-0.3, -0.25) is 4.79 Å². The second-order valence-corrected chi connectivity index (χ2v) is 3.26. The number of hydrogen-bond acceptors (Lipinski definition) is 3. The zero-order chi connectivity index (χ0) is 8.55. The highest BCUT2D eigenvalue weighted by Gasteiger charge is 2.06. The van der Waals surface area contributed by atoms with E-state index in [2.05, 4.69) is 4.98 Å². The Bertz CT molecular complexity index is 435. The molecule has 2 rings (SSSR count). The van der Waals surface area contributed by atoms with Crippen molar-refractivity contribution < 1.29 is 4.79 Å². The van der Waals surface area contributed by atoms with Crippen LogP contribution in [0.3, 0.4) is 0 Å². The van der Waals surface area contributed by atoms with Crippen LogP contribution in [0.2, 0.25) is 0 Å². The first-order valence-corrected chi connectivity index (χ1v) is 4.29. The van der Waals surface area contributed by atoms with E-state index >= 15 is 0 Å². The van der Waals surface area contributed by atoms with Gasteiger partial charge in [-0.2, -0.15) is 0 Å². The van der Waals surface area contributed by atoms with Crippen LogP contribution in [-0.2, 0) is 0 Å². The van der Waals surface area contributed by atoms with Gasteiger partial charge in [0.2, 0.25) is 5.91 Å².